The molecule has 0 spiro atoms. The SMILES string of the molecule is CC(=O)C1=C(C)NC(SCC(=O)c2ccc(-c3ccccc3)cc2)=C(C#N)[C@@H]1c1ccc(Br)cc1. The van der Waals surface area contributed by atoms with Gasteiger partial charge in [0.15, 0.2) is 11.6 Å². The van der Waals surface area contributed by atoms with Gasteiger partial charge in [-0.05, 0) is 42.7 Å². The number of nitrogens with zero attached hydrogens (tertiary/aromatic N) is 1. The molecule has 0 amide bonds. The van der Waals surface area contributed by atoms with Crippen molar-refractivity contribution < 1.29 is 9.59 Å². The van der Waals surface area contributed by atoms with Crippen LogP contribution >= 0.6 is 27.7 Å². The van der Waals surface area contributed by atoms with Crippen molar-refractivity contribution in [3.8, 4) is 17.2 Å². The number of carbonyl (C=O) groups is 2. The summed E-state index contributed by atoms with van der Waals surface area (Å²) in [7, 11) is 0. The predicted molar refractivity (Wildman–Crippen MR) is 145 cm³/mol. The Morgan fingerprint density at radius 1 is 0.971 bits per heavy atom. The van der Waals surface area contributed by atoms with Crippen LogP contribution in [0.25, 0.3) is 11.1 Å². The van der Waals surface area contributed by atoms with Crippen molar-refractivity contribution in [2.75, 3.05) is 5.75 Å². The summed E-state index contributed by atoms with van der Waals surface area (Å²) in [5, 5.41) is 13.9. The molecule has 1 N–H and O–H groups in total. The van der Waals surface area contributed by atoms with E-state index in [1.807, 2.05) is 85.8 Å². The van der Waals surface area contributed by atoms with Gasteiger partial charge in [0.1, 0.15) is 0 Å². The van der Waals surface area contributed by atoms with Crippen molar-refractivity contribution in [2.24, 2.45) is 0 Å². The van der Waals surface area contributed by atoms with Crippen molar-refractivity contribution in [1.82, 2.24) is 5.32 Å². The monoisotopic (exact) mass is 542 g/mol. The van der Waals surface area contributed by atoms with Crippen LogP contribution in [0.5, 0.6) is 0 Å². The number of hydrogen-bond acceptors (Lipinski definition) is 5. The van der Waals surface area contributed by atoms with Crippen molar-refractivity contribution in [2.45, 2.75) is 19.8 Å². The van der Waals surface area contributed by atoms with E-state index in [1.165, 1.54) is 18.7 Å². The van der Waals surface area contributed by atoms with Crippen LogP contribution in [0.4, 0.5) is 0 Å². The summed E-state index contributed by atoms with van der Waals surface area (Å²) >= 11 is 4.73. The number of rotatable bonds is 7. The van der Waals surface area contributed by atoms with E-state index in [-0.39, 0.29) is 17.3 Å². The van der Waals surface area contributed by atoms with Crippen molar-refractivity contribution >= 4 is 39.3 Å². The zero-order valence-electron chi connectivity index (χ0n) is 19.3. The molecule has 35 heavy (non-hydrogen) atoms. The molecular formula is C29H23BrN2O2S. The average Bonchev–Trinajstić information content (AvgIpc) is 2.87. The normalized spacial score (nSPS) is 15.4. The zero-order chi connectivity index (χ0) is 24.9. The molecule has 4 rings (SSSR count). The van der Waals surface area contributed by atoms with E-state index in [9.17, 15) is 14.9 Å². The number of thioether (sulfide) groups is 1. The lowest BCUT2D eigenvalue weighted by atomic mass is 9.81. The van der Waals surface area contributed by atoms with E-state index in [2.05, 4.69) is 27.3 Å². The fourth-order valence-electron chi connectivity index (χ4n) is 4.18. The van der Waals surface area contributed by atoms with Gasteiger partial charge in [-0.2, -0.15) is 5.26 Å². The third-order valence-electron chi connectivity index (χ3n) is 5.89. The van der Waals surface area contributed by atoms with Crippen LogP contribution in [-0.2, 0) is 4.79 Å². The van der Waals surface area contributed by atoms with Crippen LogP contribution in [0, 0.1) is 11.3 Å². The van der Waals surface area contributed by atoms with Gasteiger partial charge in [0.2, 0.25) is 0 Å². The number of ketones is 2. The molecule has 174 valence electrons. The summed E-state index contributed by atoms with van der Waals surface area (Å²) in [4.78, 5) is 25.5. The highest BCUT2D eigenvalue weighted by molar-refractivity contribution is 9.10. The molecule has 0 unspecified atom stereocenters. The van der Waals surface area contributed by atoms with Crippen molar-refractivity contribution in [3.05, 3.63) is 116 Å². The number of nitrogens with one attached hydrogen (secondary N) is 1. The minimum absolute atomic E-state index is 0.0274. The summed E-state index contributed by atoms with van der Waals surface area (Å²) in [6, 6.07) is 27.5. The highest BCUT2D eigenvalue weighted by Crippen LogP contribution is 2.41. The Morgan fingerprint density at radius 3 is 2.20 bits per heavy atom. The first-order valence-corrected chi connectivity index (χ1v) is 12.9. The van der Waals surface area contributed by atoms with E-state index in [0.717, 1.165) is 21.2 Å². The Hall–Kier alpha value is -3.40. The third-order valence-corrected chi connectivity index (χ3v) is 7.44. The van der Waals surface area contributed by atoms with Crippen LogP contribution in [0.2, 0.25) is 0 Å². The molecule has 0 fully saturated rings. The molecule has 0 radical (unpaired) electrons. The third kappa shape index (κ3) is 5.48. The molecule has 0 bridgehead atoms. The van der Waals surface area contributed by atoms with E-state index in [1.54, 1.807) is 0 Å². The second-order valence-corrected chi connectivity index (χ2v) is 10.1. The molecule has 3 aromatic rings. The standard InChI is InChI=1S/C29H23BrN2O2S/c1-18-27(19(2)33)28(23-12-14-24(30)15-13-23)25(16-31)29(32-18)35-17-26(34)22-10-8-21(9-11-22)20-6-4-3-5-7-20/h3-15,28,32H,17H2,1-2H3/t28-/m0/s1. The van der Waals surface area contributed by atoms with Crippen LogP contribution in [-0.4, -0.2) is 17.3 Å². The predicted octanol–water partition coefficient (Wildman–Crippen LogP) is 7.02. The van der Waals surface area contributed by atoms with Crippen LogP contribution in [0.15, 0.2) is 105 Å². The van der Waals surface area contributed by atoms with E-state index in [0.29, 0.717) is 27.4 Å². The summed E-state index contributed by atoms with van der Waals surface area (Å²) < 4.78 is 0.918. The summed E-state index contributed by atoms with van der Waals surface area (Å²) in [6.45, 7) is 3.35. The Kier molecular flexibility index (Phi) is 7.70. The first-order valence-electron chi connectivity index (χ1n) is 11.1. The fraction of sp³-hybridized carbons (Fsp3) is 0.138. The molecule has 1 aliphatic rings. The first kappa shape index (κ1) is 24.7. The average molecular weight is 543 g/mol. The Balaban J connectivity index is 1.57. The molecule has 6 heteroatoms. The maximum Gasteiger partial charge on any atom is 0.173 e. The molecular weight excluding hydrogens is 520 g/mol. The number of carbonyl (C=O) groups excluding carboxylic acids is 2. The lowest BCUT2D eigenvalue weighted by molar-refractivity contribution is -0.113. The second kappa shape index (κ2) is 10.9. The lowest BCUT2D eigenvalue weighted by Crippen LogP contribution is -2.27. The smallest absolute Gasteiger partial charge is 0.173 e. The number of allylic oxidation sites excluding steroid dienone is 3. The van der Waals surface area contributed by atoms with Gasteiger partial charge in [-0.3, -0.25) is 9.59 Å². The van der Waals surface area contributed by atoms with E-state index >= 15 is 0 Å². The van der Waals surface area contributed by atoms with Gasteiger partial charge in [-0.25, -0.2) is 0 Å². The van der Waals surface area contributed by atoms with Gasteiger partial charge in [0.05, 0.1) is 28.3 Å². The van der Waals surface area contributed by atoms with Crippen LogP contribution in [0.1, 0.15) is 35.7 Å². The molecule has 0 aromatic heterocycles. The Bertz CT molecular complexity index is 1370. The highest BCUT2D eigenvalue weighted by Gasteiger charge is 2.33. The maximum absolute atomic E-state index is 12.9. The van der Waals surface area contributed by atoms with Gasteiger partial charge >= 0.3 is 0 Å². The Labute approximate surface area is 217 Å². The number of hydrogen-bond donors (Lipinski definition) is 1. The summed E-state index contributed by atoms with van der Waals surface area (Å²) in [5.74, 6) is -0.419. The molecule has 0 saturated carbocycles. The van der Waals surface area contributed by atoms with Gasteiger partial charge in [0, 0.05) is 21.3 Å². The number of halogens is 1. The summed E-state index contributed by atoms with van der Waals surface area (Å²) in [5.41, 5.74) is 5.33. The fourth-order valence-corrected chi connectivity index (χ4v) is 5.43. The van der Waals surface area contributed by atoms with E-state index in [4.69, 9.17) is 0 Å². The highest BCUT2D eigenvalue weighted by atomic mass is 79.9. The van der Waals surface area contributed by atoms with Gasteiger partial charge in [0.25, 0.3) is 0 Å². The maximum atomic E-state index is 12.9. The zero-order valence-corrected chi connectivity index (χ0v) is 21.7. The van der Waals surface area contributed by atoms with Gasteiger partial charge in [-0.1, -0.05) is 94.4 Å². The molecule has 1 heterocycles. The van der Waals surface area contributed by atoms with E-state index < -0.39 is 5.92 Å². The Morgan fingerprint density at radius 2 is 1.60 bits per heavy atom. The number of dihydropyridines is 1. The molecule has 0 saturated heterocycles. The van der Waals surface area contributed by atoms with Crippen LogP contribution < -0.4 is 5.32 Å². The summed E-state index contributed by atoms with van der Waals surface area (Å²) in [6.07, 6.45) is 0. The molecule has 3 aromatic carbocycles. The molecule has 0 aliphatic carbocycles. The minimum Gasteiger partial charge on any atom is -0.353 e. The minimum atomic E-state index is -0.477. The quantitative estimate of drug-likeness (QED) is 0.325. The second-order valence-electron chi connectivity index (χ2n) is 8.21. The number of benzene rings is 3. The molecule has 1 atom stereocenters. The molecule has 1 aliphatic heterocycles. The lowest BCUT2D eigenvalue weighted by Gasteiger charge is -2.29. The topological polar surface area (TPSA) is 70.0 Å². The van der Waals surface area contributed by atoms with Gasteiger partial charge < -0.3 is 5.32 Å². The van der Waals surface area contributed by atoms with Gasteiger partial charge in [-0.15, -0.1) is 0 Å². The molecule has 4 nitrogen and oxygen atoms in total. The van der Waals surface area contributed by atoms with Crippen molar-refractivity contribution in [3.63, 3.8) is 0 Å². The largest absolute Gasteiger partial charge is 0.353 e. The first-order chi connectivity index (χ1) is 16.9. The number of nitriles is 1. The van der Waals surface area contributed by atoms with Crippen LogP contribution in [0.3, 0.4) is 0 Å². The van der Waals surface area contributed by atoms with Crippen molar-refractivity contribution in [1.29, 1.82) is 5.26 Å². The number of Topliss-reactive ketones (excluding diaryl/α,β-unsaturated/α-hetero) is 2.